The molecule has 0 radical (unpaired) electrons. The lowest BCUT2D eigenvalue weighted by Crippen LogP contribution is -2.42. The van der Waals surface area contributed by atoms with Gasteiger partial charge in [0.2, 0.25) is 5.95 Å². The average Bonchev–Trinajstić information content (AvgIpc) is 2.78. The predicted octanol–water partition coefficient (Wildman–Crippen LogP) is 1.70. The first-order valence-corrected chi connectivity index (χ1v) is 10.4. The molecule has 168 valence electrons. The van der Waals surface area contributed by atoms with E-state index in [1.807, 2.05) is 0 Å². The van der Waals surface area contributed by atoms with E-state index in [9.17, 15) is 18.8 Å². The number of ether oxygens (including phenoxy) is 1. The van der Waals surface area contributed by atoms with Crippen molar-refractivity contribution in [2.45, 2.75) is 32.4 Å². The molecule has 0 bridgehead atoms. The molecule has 0 aliphatic carbocycles. The standard InChI is InChI=1S/C21H23FN6O4/c1-2-32-21(31)27-9-7-14(8-10-27)24-19-23-11-15-17(25-19)26-20(30)28(18(15)29)12-13-5-3-4-6-16(13)22/h3-6,11,14H,2,7-10,12H2,1H3,(H2,23,24,25,26,30). The minimum absolute atomic E-state index is 0.0336. The molecule has 0 atom stereocenters. The van der Waals surface area contributed by atoms with Gasteiger partial charge in [0.25, 0.3) is 5.56 Å². The maximum Gasteiger partial charge on any atom is 0.409 e. The van der Waals surface area contributed by atoms with E-state index in [1.54, 1.807) is 17.9 Å². The molecule has 4 rings (SSSR count). The first-order valence-electron chi connectivity index (χ1n) is 10.4. The molecule has 1 aliphatic heterocycles. The molecule has 2 aromatic heterocycles. The topological polar surface area (TPSA) is 122 Å². The summed E-state index contributed by atoms with van der Waals surface area (Å²) in [6, 6.07) is 5.99. The average molecular weight is 442 g/mol. The maximum absolute atomic E-state index is 13.9. The van der Waals surface area contributed by atoms with Gasteiger partial charge in [-0.2, -0.15) is 4.98 Å². The van der Waals surface area contributed by atoms with Crippen LogP contribution in [0.2, 0.25) is 0 Å². The van der Waals surface area contributed by atoms with Gasteiger partial charge in [0, 0.05) is 30.9 Å². The number of anilines is 1. The van der Waals surface area contributed by atoms with Crippen LogP contribution in [0.3, 0.4) is 0 Å². The van der Waals surface area contributed by atoms with Crippen LogP contribution in [0.4, 0.5) is 15.1 Å². The van der Waals surface area contributed by atoms with E-state index in [0.29, 0.717) is 32.5 Å². The summed E-state index contributed by atoms with van der Waals surface area (Å²) in [6.45, 7) is 2.99. The van der Waals surface area contributed by atoms with Gasteiger partial charge in [0.1, 0.15) is 11.2 Å². The quantitative estimate of drug-likeness (QED) is 0.617. The van der Waals surface area contributed by atoms with Crippen LogP contribution in [0.15, 0.2) is 40.1 Å². The number of hydrogen-bond acceptors (Lipinski definition) is 7. The van der Waals surface area contributed by atoms with Crippen LogP contribution in [0.25, 0.3) is 11.0 Å². The molecule has 32 heavy (non-hydrogen) atoms. The molecule has 11 heteroatoms. The summed E-state index contributed by atoms with van der Waals surface area (Å²) < 4.78 is 19.9. The lowest BCUT2D eigenvalue weighted by atomic mass is 10.1. The Labute approximate surface area is 182 Å². The van der Waals surface area contributed by atoms with E-state index < -0.39 is 17.1 Å². The third-order valence-corrected chi connectivity index (χ3v) is 5.38. The summed E-state index contributed by atoms with van der Waals surface area (Å²) in [5.41, 5.74) is -0.946. The fourth-order valence-corrected chi connectivity index (χ4v) is 3.65. The highest BCUT2D eigenvalue weighted by Crippen LogP contribution is 2.16. The van der Waals surface area contributed by atoms with Crippen molar-refractivity contribution in [1.82, 2.24) is 24.4 Å². The van der Waals surface area contributed by atoms with E-state index in [-0.39, 0.29) is 41.2 Å². The molecule has 1 aromatic carbocycles. The second-order valence-electron chi connectivity index (χ2n) is 7.47. The van der Waals surface area contributed by atoms with Crippen molar-refractivity contribution in [3.05, 3.63) is 62.7 Å². The monoisotopic (exact) mass is 442 g/mol. The first-order chi connectivity index (χ1) is 15.5. The van der Waals surface area contributed by atoms with E-state index in [4.69, 9.17) is 4.74 Å². The third-order valence-electron chi connectivity index (χ3n) is 5.38. The first kappa shape index (κ1) is 21.5. The fourth-order valence-electron chi connectivity index (χ4n) is 3.65. The normalized spacial score (nSPS) is 14.5. The number of likely N-dealkylation sites (tertiary alicyclic amines) is 1. The molecule has 3 aromatic rings. The van der Waals surface area contributed by atoms with Gasteiger partial charge in [0.15, 0.2) is 5.65 Å². The zero-order chi connectivity index (χ0) is 22.7. The molecule has 0 unspecified atom stereocenters. The Hall–Kier alpha value is -3.76. The maximum atomic E-state index is 13.9. The van der Waals surface area contributed by atoms with Crippen LogP contribution in [0.1, 0.15) is 25.3 Å². The van der Waals surface area contributed by atoms with Crippen molar-refractivity contribution < 1.29 is 13.9 Å². The van der Waals surface area contributed by atoms with Gasteiger partial charge in [-0.3, -0.25) is 14.3 Å². The number of hydrogen-bond donors (Lipinski definition) is 2. The zero-order valence-corrected chi connectivity index (χ0v) is 17.5. The molecule has 1 amide bonds. The number of carbonyl (C=O) groups excluding carboxylic acids is 1. The number of aromatic nitrogens is 4. The Balaban J connectivity index is 1.51. The van der Waals surface area contributed by atoms with Crippen LogP contribution in [-0.2, 0) is 11.3 Å². The molecule has 1 saturated heterocycles. The third kappa shape index (κ3) is 4.46. The number of nitrogens with one attached hydrogen (secondary N) is 2. The van der Waals surface area contributed by atoms with Gasteiger partial charge in [0.05, 0.1) is 13.2 Å². The van der Waals surface area contributed by atoms with Crippen molar-refractivity contribution in [1.29, 1.82) is 0 Å². The van der Waals surface area contributed by atoms with Crippen LogP contribution in [-0.4, -0.2) is 56.3 Å². The SMILES string of the molecule is CCOC(=O)N1CCC(Nc2ncc3c(=O)n(Cc4ccccc4F)c(=O)[nH]c3n2)CC1. The van der Waals surface area contributed by atoms with Crippen LogP contribution in [0, 0.1) is 5.82 Å². The molecule has 2 N–H and O–H groups in total. The number of piperidine rings is 1. The molecule has 10 nitrogen and oxygen atoms in total. The number of rotatable bonds is 5. The van der Waals surface area contributed by atoms with E-state index in [0.717, 1.165) is 4.57 Å². The lowest BCUT2D eigenvalue weighted by molar-refractivity contribution is 0.0983. The minimum atomic E-state index is -0.682. The summed E-state index contributed by atoms with van der Waals surface area (Å²) in [5.74, 6) is -0.224. The second kappa shape index (κ2) is 9.16. The molecule has 1 fully saturated rings. The Kier molecular flexibility index (Phi) is 6.15. The smallest absolute Gasteiger partial charge is 0.409 e. The molecular formula is C21H23FN6O4. The van der Waals surface area contributed by atoms with Crippen molar-refractivity contribution in [3.8, 4) is 0 Å². The largest absolute Gasteiger partial charge is 0.450 e. The highest BCUT2D eigenvalue weighted by atomic mass is 19.1. The van der Waals surface area contributed by atoms with Crippen molar-refractivity contribution >= 4 is 23.1 Å². The van der Waals surface area contributed by atoms with E-state index in [2.05, 4.69) is 20.3 Å². The summed E-state index contributed by atoms with van der Waals surface area (Å²) >= 11 is 0. The Morgan fingerprint density at radius 3 is 2.75 bits per heavy atom. The fraction of sp³-hybridized carbons (Fsp3) is 0.381. The predicted molar refractivity (Wildman–Crippen MR) is 115 cm³/mol. The summed E-state index contributed by atoms with van der Waals surface area (Å²) in [6.07, 6.45) is 2.38. The van der Waals surface area contributed by atoms with Gasteiger partial charge < -0.3 is 15.0 Å². The zero-order valence-electron chi connectivity index (χ0n) is 17.5. The van der Waals surface area contributed by atoms with Crippen molar-refractivity contribution in [2.24, 2.45) is 0 Å². The highest BCUT2D eigenvalue weighted by Gasteiger charge is 2.24. The van der Waals surface area contributed by atoms with Crippen molar-refractivity contribution in [2.75, 3.05) is 25.0 Å². The van der Waals surface area contributed by atoms with E-state index in [1.165, 1.54) is 24.4 Å². The number of carbonyl (C=O) groups is 1. The number of benzene rings is 1. The Bertz CT molecular complexity index is 1250. The highest BCUT2D eigenvalue weighted by molar-refractivity contribution is 5.73. The second-order valence-corrected chi connectivity index (χ2v) is 7.47. The number of amides is 1. The molecular weight excluding hydrogens is 419 g/mol. The molecule has 1 aliphatic rings. The molecule has 0 spiro atoms. The molecule has 3 heterocycles. The van der Waals surface area contributed by atoms with Gasteiger partial charge in [-0.1, -0.05) is 18.2 Å². The summed E-state index contributed by atoms with van der Waals surface area (Å²) in [5, 5.41) is 3.31. The van der Waals surface area contributed by atoms with Crippen LogP contribution in [0.5, 0.6) is 0 Å². The number of fused-ring (bicyclic) bond motifs is 1. The number of H-pyrrole nitrogens is 1. The number of aromatic amines is 1. The van der Waals surface area contributed by atoms with Gasteiger partial charge >= 0.3 is 11.8 Å². The summed E-state index contributed by atoms with van der Waals surface area (Å²) in [4.78, 5) is 49.8. The summed E-state index contributed by atoms with van der Waals surface area (Å²) in [7, 11) is 0. The number of halogens is 1. The van der Waals surface area contributed by atoms with Gasteiger partial charge in [-0.15, -0.1) is 0 Å². The van der Waals surface area contributed by atoms with Crippen molar-refractivity contribution in [3.63, 3.8) is 0 Å². The Morgan fingerprint density at radius 1 is 1.28 bits per heavy atom. The lowest BCUT2D eigenvalue weighted by Gasteiger charge is -2.31. The number of nitrogens with zero attached hydrogens (tertiary/aromatic N) is 4. The van der Waals surface area contributed by atoms with Crippen LogP contribution >= 0.6 is 0 Å². The minimum Gasteiger partial charge on any atom is -0.450 e. The van der Waals surface area contributed by atoms with Gasteiger partial charge in [-0.25, -0.2) is 19.0 Å². The van der Waals surface area contributed by atoms with E-state index >= 15 is 0 Å². The molecule has 0 saturated carbocycles. The Morgan fingerprint density at radius 2 is 2.03 bits per heavy atom. The van der Waals surface area contributed by atoms with Crippen LogP contribution < -0.4 is 16.6 Å². The van der Waals surface area contributed by atoms with Gasteiger partial charge in [-0.05, 0) is 25.8 Å².